The number of aryl methyl sites for hydroxylation is 1. The number of para-hydroxylation sites is 2. The molecule has 10 heteroatoms. The van der Waals surface area contributed by atoms with Gasteiger partial charge in [0, 0.05) is 33.6 Å². The highest BCUT2D eigenvalue weighted by Crippen LogP contribution is 2.42. The first-order valence-electron chi connectivity index (χ1n) is 14.6. The van der Waals surface area contributed by atoms with Crippen molar-refractivity contribution in [3.05, 3.63) is 122 Å². The zero-order valence-electron chi connectivity index (χ0n) is 24.3. The van der Waals surface area contributed by atoms with E-state index >= 15 is 0 Å². The van der Waals surface area contributed by atoms with Gasteiger partial charge in [-0.3, -0.25) is 9.59 Å². The number of pyridine rings is 1. The lowest BCUT2D eigenvalue weighted by Crippen LogP contribution is -2.34. The largest absolute Gasteiger partial charge is 0.491 e. The average molecular weight is 684 g/mol. The number of carbonyl (C=O) groups is 2. The van der Waals surface area contributed by atoms with Crippen molar-refractivity contribution in [1.29, 1.82) is 0 Å². The first-order chi connectivity index (χ1) is 21.9. The molecule has 2 aliphatic rings. The van der Waals surface area contributed by atoms with E-state index in [1.807, 2.05) is 60.7 Å². The van der Waals surface area contributed by atoms with E-state index in [0.717, 1.165) is 37.5 Å². The molecule has 226 valence electrons. The summed E-state index contributed by atoms with van der Waals surface area (Å²) in [6, 6.07) is 25.8. The van der Waals surface area contributed by atoms with Gasteiger partial charge in [-0.1, -0.05) is 52.3 Å². The van der Waals surface area contributed by atoms with E-state index in [-0.39, 0.29) is 17.5 Å². The van der Waals surface area contributed by atoms with Crippen LogP contribution in [-0.2, 0) is 13.0 Å². The Morgan fingerprint density at radius 1 is 0.978 bits per heavy atom. The van der Waals surface area contributed by atoms with E-state index < -0.39 is 5.82 Å². The lowest BCUT2D eigenvalue weighted by atomic mass is 10.1. The Balaban J connectivity index is 1.16. The summed E-state index contributed by atoms with van der Waals surface area (Å²) in [5, 5.41) is 2.75. The molecule has 1 N–H and O–H groups in total. The summed E-state index contributed by atoms with van der Waals surface area (Å²) in [5.41, 5.74) is 4.83. The highest BCUT2D eigenvalue weighted by atomic mass is 79.9. The molecule has 0 atom stereocenters. The molecular formula is C35H28BrFN4O3S. The molecule has 3 aromatic carbocycles. The second kappa shape index (κ2) is 12.1. The molecule has 7 nitrogen and oxygen atoms in total. The molecule has 0 saturated heterocycles. The molecule has 0 radical (unpaired) electrons. The fraction of sp³-hybridized carbons (Fsp3) is 0.171. The van der Waals surface area contributed by atoms with Crippen LogP contribution in [0.3, 0.4) is 0 Å². The highest BCUT2D eigenvalue weighted by molar-refractivity contribution is 9.10. The van der Waals surface area contributed by atoms with Gasteiger partial charge in [0.15, 0.2) is 0 Å². The Hall–Kier alpha value is -4.54. The van der Waals surface area contributed by atoms with Crippen LogP contribution in [0.1, 0.15) is 36.9 Å². The summed E-state index contributed by atoms with van der Waals surface area (Å²) in [4.78, 5) is 37.4. The molecule has 0 fully saturated rings. The number of nitrogens with one attached hydrogen (secondary N) is 1. The monoisotopic (exact) mass is 682 g/mol. The van der Waals surface area contributed by atoms with Crippen molar-refractivity contribution in [3.8, 4) is 16.2 Å². The highest BCUT2D eigenvalue weighted by Gasteiger charge is 2.29. The molecule has 0 aliphatic carbocycles. The number of hydrogen-bond donors (Lipinski definition) is 1. The van der Waals surface area contributed by atoms with Crippen molar-refractivity contribution in [2.45, 2.75) is 19.9 Å². The minimum Gasteiger partial charge on any atom is -0.491 e. The molecule has 5 aromatic rings. The Morgan fingerprint density at radius 2 is 1.82 bits per heavy atom. The maximum absolute atomic E-state index is 14.4. The third-order valence-corrected chi connectivity index (χ3v) is 9.77. The summed E-state index contributed by atoms with van der Waals surface area (Å²) in [7, 11) is 0. The molecule has 0 saturated carbocycles. The van der Waals surface area contributed by atoms with Gasteiger partial charge in [0.1, 0.15) is 29.7 Å². The van der Waals surface area contributed by atoms with Gasteiger partial charge in [-0.2, -0.15) is 0 Å². The summed E-state index contributed by atoms with van der Waals surface area (Å²) < 4.78 is 21.4. The number of rotatable bonds is 4. The fourth-order valence-corrected chi connectivity index (χ4v) is 7.35. The van der Waals surface area contributed by atoms with Gasteiger partial charge < -0.3 is 19.9 Å². The lowest BCUT2D eigenvalue weighted by molar-refractivity contribution is 0.0981. The van der Waals surface area contributed by atoms with Gasteiger partial charge >= 0.3 is 0 Å². The standard InChI is InChI=1S/C35H28BrFN4O3S/c1-21-6-4-8-26(37)32(21)39-34(42)30-19-22-14-15-41(28-10-3-2-7-25(28)33(22)45-30)35(43)27-9-5-11-31(38-27)40-16-17-44-29-13-12-24(36)18-23(29)20-40/h2-13,18-19H,14-17,20H2,1H3,(H,39,42). The van der Waals surface area contributed by atoms with Crippen LogP contribution < -0.4 is 19.9 Å². The van der Waals surface area contributed by atoms with E-state index in [4.69, 9.17) is 9.72 Å². The van der Waals surface area contributed by atoms with Crippen LogP contribution in [0.4, 0.5) is 21.6 Å². The van der Waals surface area contributed by atoms with Gasteiger partial charge in [-0.25, -0.2) is 9.37 Å². The zero-order chi connectivity index (χ0) is 31.1. The number of ether oxygens (including phenoxy) is 1. The second-order valence-corrected chi connectivity index (χ2v) is 12.9. The van der Waals surface area contributed by atoms with Crippen LogP contribution in [0, 0.1) is 12.7 Å². The van der Waals surface area contributed by atoms with Crippen LogP contribution in [0.2, 0.25) is 0 Å². The van der Waals surface area contributed by atoms with Crippen LogP contribution in [0.5, 0.6) is 5.75 Å². The number of amides is 2. The van der Waals surface area contributed by atoms with Crippen molar-refractivity contribution in [2.75, 3.05) is 34.8 Å². The maximum atomic E-state index is 14.4. The second-order valence-electron chi connectivity index (χ2n) is 11.0. The molecule has 0 spiro atoms. The number of aromatic nitrogens is 1. The Morgan fingerprint density at radius 3 is 2.69 bits per heavy atom. The molecule has 45 heavy (non-hydrogen) atoms. The Kier molecular flexibility index (Phi) is 7.85. The van der Waals surface area contributed by atoms with E-state index in [2.05, 4.69) is 26.1 Å². The van der Waals surface area contributed by atoms with Crippen LogP contribution in [0.25, 0.3) is 10.4 Å². The topological polar surface area (TPSA) is 74.8 Å². The summed E-state index contributed by atoms with van der Waals surface area (Å²) in [5.74, 6) is 0.536. The van der Waals surface area contributed by atoms with Crippen LogP contribution in [-0.4, -0.2) is 36.5 Å². The van der Waals surface area contributed by atoms with Gasteiger partial charge in [-0.05, 0) is 73.0 Å². The van der Waals surface area contributed by atoms with Crippen molar-refractivity contribution in [1.82, 2.24) is 4.98 Å². The third kappa shape index (κ3) is 5.71. The molecule has 2 aliphatic heterocycles. The van der Waals surface area contributed by atoms with Gasteiger partial charge in [0.25, 0.3) is 11.8 Å². The predicted octanol–water partition coefficient (Wildman–Crippen LogP) is 7.87. The fourth-order valence-electron chi connectivity index (χ4n) is 5.80. The van der Waals surface area contributed by atoms with Crippen molar-refractivity contribution >= 4 is 56.3 Å². The minimum atomic E-state index is -0.472. The molecule has 0 bridgehead atoms. The predicted molar refractivity (Wildman–Crippen MR) is 179 cm³/mol. The number of halogens is 2. The number of thiophene rings is 1. The van der Waals surface area contributed by atoms with E-state index in [1.165, 1.54) is 17.4 Å². The molecule has 7 rings (SSSR count). The number of carbonyl (C=O) groups excluding carboxylic acids is 2. The zero-order valence-corrected chi connectivity index (χ0v) is 26.8. The minimum absolute atomic E-state index is 0.183. The smallest absolute Gasteiger partial charge is 0.276 e. The summed E-state index contributed by atoms with van der Waals surface area (Å²) in [6.45, 7) is 3.93. The van der Waals surface area contributed by atoms with Crippen molar-refractivity contribution in [2.24, 2.45) is 0 Å². The van der Waals surface area contributed by atoms with Crippen molar-refractivity contribution < 1.29 is 18.7 Å². The molecule has 2 aromatic heterocycles. The molecule has 0 unspecified atom stereocenters. The molecule has 4 heterocycles. The van der Waals surface area contributed by atoms with E-state index in [1.54, 1.807) is 30.0 Å². The first kappa shape index (κ1) is 29.2. The van der Waals surface area contributed by atoms with E-state index in [9.17, 15) is 14.0 Å². The van der Waals surface area contributed by atoms with E-state index in [0.29, 0.717) is 54.6 Å². The number of hydrogen-bond acceptors (Lipinski definition) is 6. The number of benzene rings is 3. The lowest BCUT2D eigenvalue weighted by Gasteiger charge is -2.24. The number of nitrogens with zero attached hydrogens (tertiary/aromatic N) is 3. The third-order valence-electron chi connectivity index (χ3n) is 8.06. The molecule has 2 amide bonds. The maximum Gasteiger partial charge on any atom is 0.276 e. The van der Waals surface area contributed by atoms with Gasteiger partial charge in [0.2, 0.25) is 0 Å². The van der Waals surface area contributed by atoms with Crippen LogP contribution >= 0.6 is 27.3 Å². The quantitative estimate of drug-likeness (QED) is 0.209. The summed E-state index contributed by atoms with van der Waals surface area (Å²) in [6.07, 6.45) is 0.549. The number of fused-ring (bicyclic) bond motifs is 4. The summed E-state index contributed by atoms with van der Waals surface area (Å²) >= 11 is 4.90. The van der Waals surface area contributed by atoms with Gasteiger partial charge in [0.05, 0.1) is 22.8 Å². The first-order valence-corrected chi connectivity index (χ1v) is 16.2. The number of anilines is 3. The Labute approximate surface area is 272 Å². The Bertz CT molecular complexity index is 1940. The van der Waals surface area contributed by atoms with Gasteiger partial charge in [-0.15, -0.1) is 11.3 Å². The van der Waals surface area contributed by atoms with Crippen LogP contribution in [0.15, 0.2) is 89.4 Å². The average Bonchev–Trinajstić information content (AvgIpc) is 3.27. The normalized spacial score (nSPS) is 13.9. The molecular weight excluding hydrogens is 655 g/mol. The van der Waals surface area contributed by atoms with Crippen molar-refractivity contribution in [3.63, 3.8) is 0 Å². The SMILES string of the molecule is Cc1cccc(F)c1NC(=O)c1cc2c(s1)-c1ccccc1N(C(=O)c1cccc(N3CCOc4ccc(Br)cc4C3)n1)CC2.